The predicted octanol–water partition coefficient (Wildman–Crippen LogP) is 4.28. The van der Waals surface area contributed by atoms with E-state index in [1.54, 1.807) is 12.1 Å². The second-order valence-electron chi connectivity index (χ2n) is 7.84. The molecule has 10 heteroatoms. The summed E-state index contributed by atoms with van der Waals surface area (Å²) in [6, 6.07) is 13.7. The third kappa shape index (κ3) is 6.44. The van der Waals surface area contributed by atoms with E-state index in [2.05, 4.69) is 10.5 Å². The minimum atomic E-state index is -0.698. The molecule has 36 heavy (non-hydrogen) atoms. The zero-order valence-electron chi connectivity index (χ0n) is 20.2. The number of carbonyl (C=O) groups excluding carboxylic acids is 2. The number of hydrazone groups is 1. The van der Waals surface area contributed by atoms with E-state index in [1.807, 2.05) is 32.9 Å². The lowest BCUT2D eigenvalue weighted by molar-refractivity contribution is -0.384. The number of nitro groups is 1. The van der Waals surface area contributed by atoms with Gasteiger partial charge in [0.05, 0.1) is 23.8 Å². The van der Waals surface area contributed by atoms with E-state index in [-0.39, 0.29) is 29.4 Å². The Balaban J connectivity index is 1.59. The van der Waals surface area contributed by atoms with Crippen LogP contribution in [0, 0.1) is 30.9 Å². The molecule has 0 heterocycles. The van der Waals surface area contributed by atoms with Gasteiger partial charge < -0.3 is 14.2 Å². The summed E-state index contributed by atoms with van der Waals surface area (Å²) in [6.45, 7) is 5.64. The van der Waals surface area contributed by atoms with Crippen LogP contribution in [0.3, 0.4) is 0 Å². The van der Waals surface area contributed by atoms with Crippen molar-refractivity contribution in [3.8, 4) is 17.2 Å². The Bertz CT molecular complexity index is 1320. The number of ether oxygens (including phenoxy) is 3. The molecular formula is C26H25N3O7. The van der Waals surface area contributed by atoms with Gasteiger partial charge in [0.15, 0.2) is 18.1 Å². The van der Waals surface area contributed by atoms with Crippen molar-refractivity contribution in [1.82, 2.24) is 5.43 Å². The second-order valence-corrected chi connectivity index (χ2v) is 7.84. The van der Waals surface area contributed by atoms with Gasteiger partial charge in [-0.3, -0.25) is 14.9 Å². The Morgan fingerprint density at radius 2 is 1.69 bits per heavy atom. The van der Waals surface area contributed by atoms with Gasteiger partial charge in [-0.15, -0.1) is 0 Å². The van der Waals surface area contributed by atoms with E-state index in [0.717, 1.165) is 16.7 Å². The SMILES string of the molecule is COc1cc(/C=N/NC(=O)COc2c(C)ccc(C)c2C)ccc1OC(=O)c1ccc([N+](=O)[O-])cc1. The molecular weight excluding hydrogens is 466 g/mol. The molecule has 0 fully saturated rings. The molecule has 0 aromatic heterocycles. The zero-order valence-corrected chi connectivity index (χ0v) is 20.2. The fourth-order valence-corrected chi connectivity index (χ4v) is 3.22. The Labute approximate surface area is 207 Å². The van der Waals surface area contributed by atoms with Crippen molar-refractivity contribution in [3.63, 3.8) is 0 Å². The molecule has 0 unspecified atom stereocenters. The van der Waals surface area contributed by atoms with Crippen LogP contribution in [0.2, 0.25) is 0 Å². The Kier molecular flexibility index (Phi) is 8.35. The Morgan fingerprint density at radius 1 is 1.00 bits per heavy atom. The van der Waals surface area contributed by atoms with Crippen molar-refractivity contribution in [1.29, 1.82) is 0 Å². The number of non-ortho nitro benzene ring substituents is 1. The predicted molar refractivity (Wildman–Crippen MR) is 133 cm³/mol. The molecule has 3 aromatic rings. The number of hydrogen-bond donors (Lipinski definition) is 1. The number of rotatable bonds is 9. The quantitative estimate of drug-likeness (QED) is 0.155. The van der Waals surface area contributed by atoms with Crippen LogP contribution < -0.4 is 19.6 Å². The number of nitro benzene ring substituents is 1. The Hall–Kier alpha value is -4.73. The molecule has 1 amide bonds. The van der Waals surface area contributed by atoms with E-state index < -0.39 is 16.8 Å². The molecule has 3 rings (SSSR count). The molecule has 1 N–H and O–H groups in total. The fraction of sp³-hybridized carbons (Fsp3) is 0.192. The summed E-state index contributed by atoms with van der Waals surface area (Å²) in [5.41, 5.74) is 5.99. The number of carbonyl (C=O) groups is 2. The molecule has 0 saturated heterocycles. The molecule has 0 aliphatic rings. The minimum Gasteiger partial charge on any atom is -0.493 e. The summed E-state index contributed by atoms with van der Waals surface area (Å²) >= 11 is 0. The molecule has 0 atom stereocenters. The summed E-state index contributed by atoms with van der Waals surface area (Å²) in [5.74, 6) is -0.0329. The van der Waals surface area contributed by atoms with Crippen LogP contribution in [0.4, 0.5) is 5.69 Å². The number of nitrogens with one attached hydrogen (secondary N) is 1. The maximum absolute atomic E-state index is 12.4. The highest BCUT2D eigenvalue weighted by Crippen LogP contribution is 2.29. The van der Waals surface area contributed by atoms with Crippen LogP contribution in [0.1, 0.15) is 32.6 Å². The van der Waals surface area contributed by atoms with Gasteiger partial charge >= 0.3 is 5.97 Å². The van der Waals surface area contributed by atoms with Gasteiger partial charge in [0, 0.05) is 12.1 Å². The monoisotopic (exact) mass is 491 g/mol. The van der Waals surface area contributed by atoms with Crippen molar-refractivity contribution in [2.24, 2.45) is 5.10 Å². The van der Waals surface area contributed by atoms with E-state index in [4.69, 9.17) is 14.2 Å². The second kappa shape index (κ2) is 11.6. The average molecular weight is 492 g/mol. The fourth-order valence-electron chi connectivity index (χ4n) is 3.22. The van der Waals surface area contributed by atoms with Crippen molar-refractivity contribution in [2.45, 2.75) is 20.8 Å². The normalized spacial score (nSPS) is 10.7. The number of esters is 1. The molecule has 0 bridgehead atoms. The number of aryl methyl sites for hydroxylation is 2. The first-order chi connectivity index (χ1) is 17.2. The third-order valence-corrected chi connectivity index (χ3v) is 5.33. The van der Waals surface area contributed by atoms with E-state index in [0.29, 0.717) is 11.3 Å². The maximum atomic E-state index is 12.4. The summed E-state index contributed by atoms with van der Waals surface area (Å²) in [6.07, 6.45) is 1.41. The Morgan fingerprint density at radius 3 is 2.36 bits per heavy atom. The van der Waals surface area contributed by atoms with Crippen molar-refractivity contribution in [2.75, 3.05) is 13.7 Å². The van der Waals surface area contributed by atoms with E-state index >= 15 is 0 Å². The number of hydrogen-bond acceptors (Lipinski definition) is 8. The van der Waals surface area contributed by atoms with Crippen LogP contribution in [-0.4, -0.2) is 36.7 Å². The van der Waals surface area contributed by atoms with Crippen molar-refractivity contribution < 1.29 is 28.7 Å². The lowest BCUT2D eigenvalue weighted by Gasteiger charge is -2.13. The topological polar surface area (TPSA) is 129 Å². The smallest absolute Gasteiger partial charge is 0.343 e. The third-order valence-electron chi connectivity index (χ3n) is 5.33. The van der Waals surface area contributed by atoms with Crippen LogP contribution in [-0.2, 0) is 4.79 Å². The van der Waals surface area contributed by atoms with E-state index in [9.17, 15) is 19.7 Å². The molecule has 0 spiro atoms. The average Bonchev–Trinajstić information content (AvgIpc) is 2.87. The molecule has 186 valence electrons. The van der Waals surface area contributed by atoms with Gasteiger partial charge in [0.1, 0.15) is 5.75 Å². The summed E-state index contributed by atoms with van der Waals surface area (Å²) in [7, 11) is 1.41. The first-order valence-electron chi connectivity index (χ1n) is 10.9. The van der Waals surface area contributed by atoms with Gasteiger partial charge in [0.25, 0.3) is 11.6 Å². The molecule has 10 nitrogen and oxygen atoms in total. The zero-order chi connectivity index (χ0) is 26.2. The summed E-state index contributed by atoms with van der Waals surface area (Å²) in [4.78, 5) is 34.7. The van der Waals surface area contributed by atoms with Crippen LogP contribution in [0.15, 0.2) is 59.7 Å². The van der Waals surface area contributed by atoms with Crippen LogP contribution >= 0.6 is 0 Å². The number of amides is 1. The lowest BCUT2D eigenvalue weighted by atomic mass is 10.1. The maximum Gasteiger partial charge on any atom is 0.343 e. The summed E-state index contributed by atoms with van der Waals surface area (Å²) < 4.78 is 16.3. The highest BCUT2D eigenvalue weighted by molar-refractivity contribution is 5.92. The highest BCUT2D eigenvalue weighted by atomic mass is 16.6. The lowest BCUT2D eigenvalue weighted by Crippen LogP contribution is -2.25. The molecule has 0 saturated carbocycles. The molecule has 3 aromatic carbocycles. The number of methoxy groups -OCH3 is 1. The number of nitrogens with zero attached hydrogens (tertiary/aromatic N) is 2. The minimum absolute atomic E-state index is 0.133. The van der Waals surface area contributed by atoms with Crippen LogP contribution in [0.5, 0.6) is 17.2 Å². The first-order valence-corrected chi connectivity index (χ1v) is 10.9. The van der Waals surface area contributed by atoms with E-state index in [1.165, 1.54) is 43.7 Å². The largest absolute Gasteiger partial charge is 0.493 e. The molecule has 0 aliphatic heterocycles. The first kappa shape index (κ1) is 25.9. The van der Waals surface area contributed by atoms with Gasteiger partial charge in [0.2, 0.25) is 0 Å². The highest BCUT2D eigenvalue weighted by Gasteiger charge is 2.15. The van der Waals surface area contributed by atoms with Crippen molar-refractivity contribution in [3.05, 3.63) is 92.5 Å². The standard InChI is InChI=1S/C26H25N3O7/c1-16-5-6-17(2)25(18(16)3)35-15-24(30)28-27-14-19-7-12-22(23(13-19)34-4)36-26(31)20-8-10-21(11-9-20)29(32)33/h5-14H,15H2,1-4H3,(H,28,30)/b27-14+. The van der Waals surface area contributed by atoms with Gasteiger partial charge in [-0.25, -0.2) is 10.2 Å². The summed E-state index contributed by atoms with van der Waals surface area (Å²) in [5, 5.41) is 14.7. The number of benzene rings is 3. The van der Waals surface area contributed by atoms with Gasteiger partial charge in [-0.05, 0) is 73.4 Å². The van der Waals surface area contributed by atoms with Gasteiger partial charge in [-0.2, -0.15) is 5.10 Å². The molecule has 0 aliphatic carbocycles. The van der Waals surface area contributed by atoms with Crippen molar-refractivity contribution >= 4 is 23.8 Å². The van der Waals surface area contributed by atoms with Crippen LogP contribution in [0.25, 0.3) is 0 Å². The molecule has 0 radical (unpaired) electrons. The van der Waals surface area contributed by atoms with Gasteiger partial charge in [-0.1, -0.05) is 12.1 Å².